The van der Waals surface area contributed by atoms with E-state index >= 15 is 0 Å². The lowest BCUT2D eigenvalue weighted by Gasteiger charge is -2.25. The smallest absolute Gasteiger partial charge is 0.254 e. The van der Waals surface area contributed by atoms with Crippen LogP contribution in [0.2, 0.25) is 0 Å². The van der Waals surface area contributed by atoms with Crippen LogP contribution in [-0.2, 0) is 0 Å². The maximum Gasteiger partial charge on any atom is 0.254 e. The second-order valence-corrected chi connectivity index (χ2v) is 5.98. The molecule has 3 rings (SSSR count). The molecule has 21 heavy (non-hydrogen) atoms. The summed E-state index contributed by atoms with van der Waals surface area (Å²) in [4.78, 5) is 19.1. The summed E-state index contributed by atoms with van der Waals surface area (Å²) >= 11 is 1.63. The molecular weight excluding hydrogens is 280 g/mol. The van der Waals surface area contributed by atoms with E-state index in [0.717, 1.165) is 35.5 Å². The minimum Gasteiger partial charge on any atom is -0.332 e. The summed E-state index contributed by atoms with van der Waals surface area (Å²) in [7, 11) is 0. The summed E-state index contributed by atoms with van der Waals surface area (Å²) in [5.74, 6) is 0.118. The number of hydrogen-bond acceptors (Lipinski definition) is 3. The van der Waals surface area contributed by atoms with E-state index in [4.69, 9.17) is 0 Å². The lowest BCUT2D eigenvalue weighted by Crippen LogP contribution is -2.30. The Balaban J connectivity index is 1.83. The van der Waals surface area contributed by atoms with Gasteiger partial charge < -0.3 is 4.90 Å². The summed E-state index contributed by atoms with van der Waals surface area (Å²) in [5.41, 5.74) is 1.90. The molecule has 0 N–H and O–H groups in total. The molecule has 1 aromatic carbocycles. The third kappa shape index (κ3) is 2.95. The standard InChI is InChI=1S/C17H18N2OS/c1-21-16-10-9-14(12-18-16)15-8-5-11-19(15)17(20)13-6-3-2-4-7-13/h2-4,6-7,9-10,12,15H,5,8,11H2,1H3/t15-/m1/s1. The van der Waals surface area contributed by atoms with Crippen LogP contribution in [0.5, 0.6) is 0 Å². The molecule has 0 bridgehead atoms. The van der Waals surface area contributed by atoms with Crippen molar-refractivity contribution >= 4 is 17.7 Å². The number of thioether (sulfide) groups is 1. The van der Waals surface area contributed by atoms with Gasteiger partial charge in [0.25, 0.3) is 5.91 Å². The van der Waals surface area contributed by atoms with Crippen LogP contribution >= 0.6 is 11.8 Å². The molecule has 1 aliphatic rings. The van der Waals surface area contributed by atoms with Crippen LogP contribution in [0.25, 0.3) is 0 Å². The van der Waals surface area contributed by atoms with Crippen molar-refractivity contribution in [2.75, 3.05) is 12.8 Å². The zero-order valence-corrected chi connectivity index (χ0v) is 12.8. The van der Waals surface area contributed by atoms with Crippen molar-refractivity contribution in [3.8, 4) is 0 Å². The average molecular weight is 298 g/mol. The number of rotatable bonds is 3. The summed E-state index contributed by atoms with van der Waals surface area (Å²) in [6.45, 7) is 0.822. The molecule has 1 atom stereocenters. The van der Waals surface area contributed by atoms with Crippen molar-refractivity contribution in [3.05, 3.63) is 59.8 Å². The van der Waals surface area contributed by atoms with Gasteiger partial charge in [0, 0.05) is 18.3 Å². The predicted molar refractivity (Wildman–Crippen MR) is 85.5 cm³/mol. The molecule has 108 valence electrons. The van der Waals surface area contributed by atoms with Gasteiger partial charge in [-0.25, -0.2) is 4.98 Å². The Kier molecular flexibility index (Phi) is 4.25. The van der Waals surface area contributed by atoms with E-state index in [2.05, 4.69) is 11.1 Å². The molecule has 2 heterocycles. The molecule has 1 fully saturated rings. The number of carbonyl (C=O) groups is 1. The van der Waals surface area contributed by atoms with Crippen LogP contribution in [-0.4, -0.2) is 28.6 Å². The topological polar surface area (TPSA) is 33.2 Å². The third-order valence-electron chi connectivity index (χ3n) is 3.89. The molecule has 0 radical (unpaired) electrons. The minimum absolute atomic E-state index is 0.118. The van der Waals surface area contributed by atoms with Crippen LogP contribution in [0.15, 0.2) is 53.7 Å². The average Bonchev–Trinajstić information content (AvgIpc) is 3.04. The zero-order valence-electron chi connectivity index (χ0n) is 12.0. The lowest BCUT2D eigenvalue weighted by atomic mass is 10.1. The summed E-state index contributed by atoms with van der Waals surface area (Å²) in [5, 5.41) is 1.01. The van der Waals surface area contributed by atoms with E-state index < -0.39 is 0 Å². The Labute approximate surface area is 129 Å². The molecule has 0 saturated carbocycles. The summed E-state index contributed by atoms with van der Waals surface area (Å²) < 4.78 is 0. The fraction of sp³-hybridized carbons (Fsp3) is 0.294. The quantitative estimate of drug-likeness (QED) is 0.809. The first-order valence-corrected chi connectivity index (χ1v) is 8.38. The van der Waals surface area contributed by atoms with E-state index in [1.807, 2.05) is 53.8 Å². The monoisotopic (exact) mass is 298 g/mol. The van der Waals surface area contributed by atoms with Gasteiger partial charge in [0.05, 0.1) is 11.1 Å². The molecule has 1 saturated heterocycles. The van der Waals surface area contributed by atoms with E-state index in [0.29, 0.717) is 0 Å². The van der Waals surface area contributed by atoms with Crippen LogP contribution in [0, 0.1) is 0 Å². The molecule has 1 aromatic heterocycles. The van der Waals surface area contributed by atoms with E-state index in [1.165, 1.54) is 0 Å². The Bertz CT molecular complexity index is 612. The minimum atomic E-state index is 0.118. The summed E-state index contributed by atoms with van der Waals surface area (Å²) in [6.07, 6.45) is 5.99. The number of hydrogen-bond donors (Lipinski definition) is 0. The zero-order chi connectivity index (χ0) is 14.7. The number of likely N-dealkylation sites (tertiary alicyclic amines) is 1. The second kappa shape index (κ2) is 6.31. The highest BCUT2D eigenvalue weighted by molar-refractivity contribution is 7.98. The van der Waals surface area contributed by atoms with Crippen molar-refractivity contribution in [1.82, 2.24) is 9.88 Å². The fourth-order valence-corrected chi connectivity index (χ4v) is 3.17. The first-order chi connectivity index (χ1) is 10.3. The molecule has 3 nitrogen and oxygen atoms in total. The highest BCUT2D eigenvalue weighted by Gasteiger charge is 2.30. The third-order valence-corrected chi connectivity index (χ3v) is 4.55. The van der Waals surface area contributed by atoms with Crippen molar-refractivity contribution in [2.45, 2.75) is 23.9 Å². The number of benzene rings is 1. The Morgan fingerprint density at radius 2 is 2.05 bits per heavy atom. The largest absolute Gasteiger partial charge is 0.332 e. The van der Waals surface area contributed by atoms with E-state index in [1.54, 1.807) is 11.8 Å². The van der Waals surface area contributed by atoms with Crippen molar-refractivity contribution < 1.29 is 4.79 Å². The van der Waals surface area contributed by atoms with Gasteiger partial charge in [0.15, 0.2) is 0 Å². The molecule has 1 amide bonds. The van der Waals surface area contributed by atoms with Crippen molar-refractivity contribution in [3.63, 3.8) is 0 Å². The maximum atomic E-state index is 12.7. The number of amides is 1. The first-order valence-electron chi connectivity index (χ1n) is 7.15. The van der Waals surface area contributed by atoms with Gasteiger partial charge in [0.2, 0.25) is 0 Å². The molecule has 4 heteroatoms. The van der Waals surface area contributed by atoms with E-state index in [9.17, 15) is 4.79 Å². The van der Waals surface area contributed by atoms with Crippen LogP contribution < -0.4 is 0 Å². The molecule has 0 aliphatic carbocycles. The van der Waals surface area contributed by atoms with Gasteiger partial charge in [-0.1, -0.05) is 24.3 Å². The highest BCUT2D eigenvalue weighted by Crippen LogP contribution is 2.33. The first kappa shape index (κ1) is 14.1. The number of aromatic nitrogens is 1. The number of pyridine rings is 1. The van der Waals surface area contributed by atoms with Gasteiger partial charge in [-0.3, -0.25) is 4.79 Å². The molecule has 2 aromatic rings. The van der Waals surface area contributed by atoms with Crippen LogP contribution in [0.3, 0.4) is 0 Å². The normalized spacial score (nSPS) is 18.0. The van der Waals surface area contributed by atoms with Gasteiger partial charge in [-0.2, -0.15) is 0 Å². The lowest BCUT2D eigenvalue weighted by molar-refractivity contribution is 0.0735. The number of nitrogens with zero attached hydrogens (tertiary/aromatic N) is 2. The number of carbonyl (C=O) groups excluding carboxylic acids is 1. The molecular formula is C17H18N2OS. The van der Waals surface area contributed by atoms with Crippen molar-refractivity contribution in [2.24, 2.45) is 0 Å². The predicted octanol–water partition coefficient (Wildman–Crippen LogP) is 3.78. The Morgan fingerprint density at radius 1 is 1.24 bits per heavy atom. The van der Waals surface area contributed by atoms with Crippen molar-refractivity contribution in [1.29, 1.82) is 0 Å². The Morgan fingerprint density at radius 3 is 2.71 bits per heavy atom. The fourth-order valence-electron chi connectivity index (χ4n) is 2.81. The maximum absolute atomic E-state index is 12.7. The van der Waals surface area contributed by atoms with Gasteiger partial charge in [-0.05, 0) is 42.9 Å². The SMILES string of the molecule is CSc1ccc([C@H]2CCCN2C(=O)c2ccccc2)cn1. The van der Waals surface area contributed by atoms with Crippen LogP contribution in [0.1, 0.15) is 34.8 Å². The molecule has 1 aliphatic heterocycles. The van der Waals surface area contributed by atoms with Gasteiger partial charge in [-0.15, -0.1) is 11.8 Å². The summed E-state index contributed by atoms with van der Waals surface area (Å²) in [6, 6.07) is 13.8. The van der Waals surface area contributed by atoms with Gasteiger partial charge >= 0.3 is 0 Å². The molecule has 0 spiro atoms. The molecule has 0 unspecified atom stereocenters. The van der Waals surface area contributed by atoms with Crippen LogP contribution in [0.4, 0.5) is 0 Å². The Hall–Kier alpha value is -1.81. The van der Waals surface area contributed by atoms with Gasteiger partial charge in [0.1, 0.15) is 0 Å². The van der Waals surface area contributed by atoms with E-state index in [-0.39, 0.29) is 11.9 Å². The highest BCUT2D eigenvalue weighted by atomic mass is 32.2. The second-order valence-electron chi connectivity index (χ2n) is 5.16.